The highest BCUT2D eigenvalue weighted by molar-refractivity contribution is 8.18. The second-order valence-electron chi connectivity index (χ2n) is 4.75. The minimum Gasteiger partial charge on any atom is -0.497 e. The average Bonchev–Trinajstić information content (AvgIpc) is 2.81. The highest BCUT2D eigenvalue weighted by Crippen LogP contribution is 2.34. The van der Waals surface area contributed by atoms with Crippen molar-refractivity contribution in [1.29, 1.82) is 0 Å². The first-order valence-corrected chi connectivity index (χ1v) is 7.87. The van der Waals surface area contributed by atoms with Crippen LogP contribution in [0.15, 0.2) is 29.2 Å². The number of nitrogens with zero attached hydrogens (tertiary/aromatic N) is 1. The topological polar surface area (TPSA) is 72.9 Å². The summed E-state index contributed by atoms with van der Waals surface area (Å²) in [6.07, 6.45) is 1.61. The minimum atomic E-state index is -0.941. The van der Waals surface area contributed by atoms with Crippen LogP contribution in [0.4, 0.5) is 4.79 Å². The van der Waals surface area contributed by atoms with Gasteiger partial charge in [0, 0.05) is 0 Å². The Kier molecular flexibility index (Phi) is 5.44. The number of hydrogen-bond acceptors (Lipinski definition) is 6. The molecule has 1 atom stereocenters. The Hall–Kier alpha value is -2.28. The molecular weight excluding hydrogens is 318 g/mol. The number of imide groups is 1. The summed E-state index contributed by atoms with van der Waals surface area (Å²) in [5.41, 5.74) is 0.764. The molecular formula is C16H17NO5S. The molecule has 7 heteroatoms. The van der Waals surface area contributed by atoms with Crippen molar-refractivity contribution in [3.8, 4) is 5.75 Å². The van der Waals surface area contributed by atoms with Crippen molar-refractivity contribution in [1.82, 2.24) is 4.90 Å². The van der Waals surface area contributed by atoms with E-state index in [9.17, 15) is 14.4 Å². The Balaban J connectivity index is 2.19. The molecule has 0 spiro atoms. The Bertz CT molecular complexity index is 653. The molecule has 2 rings (SSSR count). The molecule has 0 N–H and O–H groups in total. The van der Waals surface area contributed by atoms with Crippen molar-refractivity contribution in [2.45, 2.75) is 19.9 Å². The predicted molar refractivity (Wildman–Crippen MR) is 86.9 cm³/mol. The number of hydrogen-bond donors (Lipinski definition) is 0. The van der Waals surface area contributed by atoms with Gasteiger partial charge in [-0.2, -0.15) is 0 Å². The molecule has 1 aliphatic heterocycles. The second-order valence-corrected chi connectivity index (χ2v) is 5.75. The van der Waals surface area contributed by atoms with E-state index in [0.717, 1.165) is 22.2 Å². The number of benzene rings is 1. The van der Waals surface area contributed by atoms with Crippen LogP contribution in [0, 0.1) is 0 Å². The van der Waals surface area contributed by atoms with Gasteiger partial charge in [0.25, 0.3) is 11.1 Å². The molecule has 0 bridgehead atoms. The highest BCUT2D eigenvalue weighted by atomic mass is 32.2. The van der Waals surface area contributed by atoms with Crippen molar-refractivity contribution in [2.75, 3.05) is 13.7 Å². The summed E-state index contributed by atoms with van der Waals surface area (Å²) in [4.78, 5) is 37.4. The van der Waals surface area contributed by atoms with Gasteiger partial charge in [0.15, 0.2) is 0 Å². The number of carbonyl (C=O) groups excluding carboxylic acids is 3. The average molecular weight is 335 g/mol. The lowest BCUT2D eigenvalue weighted by Gasteiger charge is -2.19. The summed E-state index contributed by atoms with van der Waals surface area (Å²) >= 11 is 0.810. The summed E-state index contributed by atoms with van der Waals surface area (Å²) in [6.45, 7) is 3.34. The van der Waals surface area contributed by atoms with E-state index in [1.165, 1.54) is 6.92 Å². The van der Waals surface area contributed by atoms with Gasteiger partial charge in [-0.05, 0) is 49.4 Å². The van der Waals surface area contributed by atoms with Crippen molar-refractivity contribution in [3.63, 3.8) is 0 Å². The number of ether oxygens (including phenoxy) is 2. The molecule has 1 fully saturated rings. The molecule has 0 radical (unpaired) electrons. The largest absolute Gasteiger partial charge is 0.497 e. The van der Waals surface area contributed by atoms with Gasteiger partial charge in [0.1, 0.15) is 11.8 Å². The van der Waals surface area contributed by atoms with Gasteiger partial charge < -0.3 is 9.47 Å². The second kappa shape index (κ2) is 7.32. The van der Waals surface area contributed by atoms with E-state index in [0.29, 0.717) is 5.75 Å². The molecule has 122 valence electrons. The van der Waals surface area contributed by atoms with Crippen LogP contribution in [0.25, 0.3) is 6.08 Å². The van der Waals surface area contributed by atoms with Crippen molar-refractivity contribution in [2.24, 2.45) is 0 Å². The lowest BCUT2D eigenvalue weighted by atomic mass is 10.2. The third-order valence-electron chi connectivity index (χ3n) is 3.25. The third-order valence-corrected chi connectivity index (χ3v) is 4.14. The molecule has 1 aliphatic rings. The summed E-state index contributed by atoms with van der Waals surface area (Å²) in [6, 6.07) is 6.14. The zero-order chi connectivity index (χ0) is 17.0. The Morgan fingerprint density at radius 3 is 2.52 bits per heavy atom. The first-order valence-electron chi connectivity index (χ1n) is 7.05. The van der Waals surface area contributed by atoms with Crippen molar-refractivity contribution >= 4 is 35.0 Å². The van der Waals surface area contributed by atoms with Crippen molar-refractivity contribution < 1.29 is 23.9 Å². The molecule has 1 aromatic rings. The number of carbonyl (C=O) groups is 3. The van der Waals surface area contributed by atoms with Gasteiger partial charge in [0.2, 0.25) is 0 Å². The van der Waals surface area contributed by atoms with Crippen LogP contribution in [-0.4, -0.2) is 41.8 Å². The maximum Gasteiger partial charge on any atom is 0.329 e. The van der Waals surface area contributed by atoms with Gasteiger partial charge in [-0.1, -0.05) is 12.1 Å². The van der Waals surface area contributed by atoms with Gasteiger partial charge >= 0.3 is 5.97 Å². The van der Waals surface area contributed by atoms with Crippen LogP contribution >= 0.6 is 11.8 Å². The predicted octanol–water partition coefficient (Wildman–Crippen LogP) is 2.68. The van der Waals surface area contributed by atoms with Crippen LogP contribution < -0.4 is 4.74 Å². The first kappa shape index (κ1) is 17.1. The maximum atomic E-state index is 12.4. The Labute approximate surface area is 138 Å². The fourth-order valence-corrected chi connectivity index (χ4v) is 2.94. The molecule has 0 unspecified atom stereocenters. The fourth-order valence-electron chi connectivity index (χ4n) is 2.03. The summed E-state index contributed by atoms with van der Waals surface area (Å²) < 4.78 is 9.93. The van der Waals surface area contributed by atoms with Gasteiger partial charge in [-0.3, -0.25) is 14.5 Å². The van der Waals surface area contributed by atoms with Crippen LogP contribution in [0.5, 0.6) is 5.75 Å². The lowest BCUT2D eigenvalue weighted by molar-refractivity contribution is -0.150. The molecule has 2 amide bonds. The number of thioether (sulfide) groups is 1. The Morgan fingerprint density at radius 1 is 1.30 bits per heavy atom. The number of esters is 1. The number of rotatable bonds is 5. The van der Waals surface area contributed by atoms with E-state index in [2.05, 4.69) is 0 Å². The molecule has 0 aromatic heterocycles. The van der Waals surface area contributed by atoms with E-state index in [4.69, 9.17) is 9.47 Å². The van der Waals surface area contributed by atoms with Gasteiger partial charge in [-0.25, -0.2) is 4.79 Å². The minimum absolute atomic E-state index is 0.196. The summed E-state index contributed by atoms with van der Waals surface area (Å²) in [7, 11) is 1.57. The Morgan fingerprint density at radius 2 is 1.96 bits per heavy atom. The van der Waals surface area contributed by atoms with Crippen LogP contribution in [0.2, 0.25) is 0 Å². The van der Waals surface area contributed by atoms with E-state index in [1.807, 2.05) is 0 Å². The monoisotopic (exact) mass is 335 g/mol. The van der Waals surface area contributed by atoms with E-state index >= 15 is 0 Å². The quantitative estimate of drug-likeness (QED) is 0.608. The number of methoxy groups -OCH3 is 1. The highest BCUT2D eigenvalue weighted by Gasteiger charge is 2.41. The normalized spacial score (nSPS) is 17.5. The molecule has 1 saturated heterocycles. The van der Waals surface area contributed by atoms with Crippen molar-refractivity contribution in [3.05, 3.63) is 34.7 Å². The van der Waals surface area contributed by atoms with Crippen LogP contribution in [-0.2, 0) is 14.3 Å². The van der Waals surface area contributed by atoms with E-state index < -0.39 is 23.2 Å². The van der Waals surface area contributed by atoms with E-state index in [1.54, 1.807) is 44.4 Å². The molecule has 1 aromatic carbocycles. The first-order chi connectivity index (χ1) is 11.0. The smallest absolute Gasteiger partial charge is 0.329 e. The molecule has 0 aliphatic carbocycles. The SMILES string of the molecule is CCOC(=O)[C@H](C)N1C(=O)S/C(=C/c2ccc(OC)cc2)C1=O. The van der Waals surface area contributed by atoms with E-state index in [-0.39, 0.29) is 11.5 Å². The summed E-state index contributed by atoms with van der Waals surface area (Å²) in [5.74, 6) is -0.386. The fraction of sp³-hybridized carbons (Fsp3) is 0.312. The van der Waals surface area contributed by atoms with Crippen LogP contribution in [0.3, 0.4) is 0 Å². The zero-order valence-electron chi connectivity index (χ0n) is 13.1. The third kappa shape index (κ3) is 3.73. The van der Waals surface area contributed by atoms with Gasteiger partial charge in [-0.15, -0.1) is 0 Å². The lowest BCUT2D eigenvalue weighted by Crippen LogP contribution is -2.42. The summed E-state index contributed by atoms with van der Waals surface area (Å²) in [5, 5.41) is -0.477. The molecule has 0 saturated carbocycles. The standard InChI is InChI=1S/C16H17NO5S/c1-4-22-15(19)10(2)17-14(18)13(23-16(17)20)9-11-5-7-12(21-3)8-6-11/h5-10H,4H2,1-3H3/b13-9+/t10-/m0/s1. The maximum absolute atomic E-state index is 12.4. The van der Waals surface area contributed by atoms with Crippen LogP contribution in [0.1, 0.15) is 19.4 Å². The molecule has 6 nitrogen and oxygen atoms in total. The molecule has 1 heterocycles. The zero-order valence-corrected chi connectivity index (χ0v) is 13.9. The number of amides is 2. The molecule has 23 heavy (non-hydrogen) atoms. The van der Waals surface area contributed by atoms with Gasteiger partial charge in [0.05, 0.1) is 18.6 Å².